The maximum absolute atomic E-state index is 6.01. The van der Waals surface area contributed by atoms with Gasteiger partial charge in [-0.1, -0.05) is 31.0 Å². The zero-order valence-corrected chi connectivity index (χ0v) is 12.7. The molecule has 0 amide bonds. The van der Waals surface area contributed by atoms with Crippen LogP contribution in [0.5, 0.6) is 0 Å². The third-order valence-corrected chi connectivity index (χ3v) is 5.47. The van der Waals surface area contributed by atoms with Crippen LogP contribution in [0, 0.1) is 11.8 Å². The normalized spacial score (nSPS) is 30.1. The second-order valence-corrected chi connectivity index (χ2v) is 6.71. The molecule has 0 aromatic heterocycles. The van der Waals surface area contributed by atoms with Crippen LogP contribution in [0.3, 0.4) is 0 Å². The Labute approximate surface area is 123 Å². The molecule has 1 heterocycles. The van der Waals surface area contributed by atoms with Crippen molar-refractivity contribution in [1.29, 1.82) is 0 Å². The van der Waals surface area contributed by atoms with Crippen LogP contribution in [-0.4, -0.2) is 19.1 Å². The second kappa shape index (κ2) is 6.17. The number of nitrogens with zero attached hydrogens (tertiary/aromatic N) is 1. The van der Waals surface area contributed by atoms with E-state index in [9.17, 15) is 0 Å². The molecule has 1 saturated carbocycles. The van der Waals surface area contributed by atoms with Crippen molar-refractivity contribution in [3.63, 3.8) is 0 Å². The summed E-state index contributed by atoms with van der Waals surface area (Å²) in [5, 5.41) is 0. The van der Waals surface area contributed by atoms with E-state index >= 15 is 0 Å². The van der Waals surface area contributed by atoms with Crippen molar-refractivity contribution < 1.29 is 0 Å². The zero-order valence-electron chi connectivity index (χ0n) is 12.7. The summed E-state index contributed by atoms with van der Waals surface area (Å²) in [5.41, 5.74) is 9.02. The smallest absolute Gasteiger partial charge is 0.0401 e. The second-order valence-electron chi connectivity index (χ2n) is 6.71. The van der Waals surface area contributed by atoms with E-state index in [1.54, 1.807) is 0 Å². The fourth-order valence-corrected chi connectivity index (χ4v) is 4.13. The molecule has 0 bridgehead atoms. The van der Waals surface area contributed by atoms with Gasteiger partial charge in [0.25, 0.3) is 0 Å². The maximum atomic E-state index is 6.01. The highest BCUT2D eigenvalue weighted by molar-refractivity contribution is 5.56. The molecule has 3 atom stereocenters. The number of nitrogens with two attached hydrogens (primary N) is 1. The Balaban J connectivity index is 1.78. The quantitative estimate of drug-likeness (QED) is 0.911. The lowest BCUT2D eigenvalue weighted by atomic mass is 9.78. The predicted molar refractivity (Wildman–Crippen MR) is 86.1 cm³/mol. The van der Waals surface area contributed by atoms with Crippen molar-refractivity contribution in [3.05, 3.63) is 29.8 Å². The molecular weight excluding hydrogens is 244 g/mol. The van der Waals surface area contributed by atoms with E-state index in [0.717, 1.165) is 18.4 Å². The molecule has 0 radical (unpaired) electrons. The summed E-state index contributed by atoms with van der Waals surface area (Å²) in [7, 11) is 0. The Morgan fingerprint density at radius 1 is 1.10 bits per heavy atom. The average molecular weight is 272 g/mol. The number of rotatable bonds is 3. The molecule has 1 aromatic carbocycles. The lowest BCUT2D eigenvalue weighted by Crippen LogP contribution is -2.43. The molecule has 110 valence electrons. The highest BCUT2D eigenvalue weighted by Crippen LogP contribution is 2.35. The predicted octanol–water partition coefficient (Wildman–Crippen LogP) is 3.59. The summed E-state index contributed by atoms with van der Waals surface area (Å²) in [6, 6.07) is 9.65. The summed E-state index contributed by atoms with van der Waals surface area (Å²) in [4.78, 5) is 2.66. The lowest BCUT2D eigenvalue weighted by molar-refractivity contribution is 0.241. The van der Waals surface area contributed by atoms with Gasteiger partial charge in [0.15, 0.2) is 0 Å². The van der Waals surface area contributed by atoms with Gasteiger partial charge in [0, 0.05) is 18.3 Å². The minimum Gasteiger partial charge on any atom is -0.368 e. The van der Waals surface area contributed by atoms with Crippen molar-refractivity contribution in [2.45, 2.75) is 51.5 Å². The van der Waals surface area contributed by atoms with Gasteiger partial charge in [-0.05, 0) is 62.6 Å². The molecule has 1 aliphatic carbocycles. The van der Waals surface area contributed by atoms with E-state index in [4.69, 9.17) is 5.73 Å². The van der Waals surface area contributed by atoms with E-state index in [2.05, 4.69) is 36.1 Å². The highest BCUT2D eigenvalue weighted by Gasteiger charge is 2.30. The van der Waals surface area contributed by atoms with Crippen LogP contribution in [-0.2, 0) is 6.42 Å². The molecule has 3 unspecified atom stereocenters. The largest absolute Gasteiger partial charge is 0.368 e. The number of fused-ring (bicyclic) bond motifs is 1. The molecule has 3 rings (SSSR count). The van der Waals surface area contributed by atoms with Crippen LogP contribution in [0.1, 0.15) is 44.6 Å². The molecule has 1 aromatic rings. The molecule has 2 N–H and O–H groups in total. The van der Waals surface area contributed by atoms with E-state index in [0.29, 0.717) is 6.04 Å². The fraction of sp³-hybridized carbons (Fsp3) is 0.667. The van der Waals surface area contributed by atoms with Gasteiger partial charge < -0.3 is 10.6 Å². The van der Waals surface area contributed by atoms with Gasteiger partial charge in [-0.25, -0.2) is 0 Å². The van der Waals surface area contributed by atoms with E-state index in [1.165, 1.54) is 56.3 Å². The Bertz CT molecular complexity index is 443. The maximum Gasteiger partial charge on any atom is 0.0401 e. The Morgan fingerprint density at radius 3 is 2.65 bits per heavy atom. The Kier molecular flexibility index (Phi) is 4.30. The first-order valence-corrected chi connectivity index (χ1v) is 8.34. The monoisotopic (exact) mass is 272 g/mol. The number of para-hydroxylation sites is 1. The van der Waals surface area contributed by atoms with E-state index in [1.807, 2.05) is 0 Å². The van der Waals surface area contributed by atoms with Crippen LogP contribution in [0.15, 0.2) is 24.3 Å². The minimum absolute atomic E-state index is 0.672. The molecule has 2 aliphatic rings. The van der Waals surface area contributed by atoms with E-state index < -0.39 is 0 Å². The third kappa shape index (κ3) is 2.71. The summed E-state index contributed by atoms with van der Waals surface area (Å²) < 4.78 is 0. The zero-order chi connectivity index (χ0) is 13.9. The summed E-state index contributed by atoms with van der Waals surface area (Å²) in [5.74, 6) is 1.53. The van der Waals surface area contributed by atoms with Crippen LogP contribution in [0.4, 0.5) is 5.69 Å². The first-order valence-electron chi connectivity index (χ1n) is 8.34. The molecule has 0 saturated heterocycles. The number of anilines is 1. The highest BCUT2D eigenvalue weighted by atomic mass is 15.2. The van der Waals surface area contributed by atoms with Crippen LogP contribution < -0.4 is 10.6 Å². The lowest BCUT2D eigenvalue weighted by Gasteiger charge is -2.42. The molecule has 1 fully saturated rings. The van der Waals surface area contributed by atoms with Crippen LogP contribution in [0.25, 0.3) is 0 Å². The summed E-state index contributed by atoms with van der Waals surface area (Å²) in [6.07, 6.45) is 8.00. The molecular formula is C18H28N2. The van der Waals surface area contributed by atoms with Crippen molar-refractivity contribution >= 4 is 5.69 Å². The van der Waals surface area contributed by atoms with Gasteiger partial charge in [0.1, 0.15) is 0 Å². The standard InChI is InChI=1S/C18H28N2/c1-14-10-11-15-6-4-5-9-18(15)20(14)13-17-8-3-2-7-16(17)12-19/h4-6,9,14,16-17H,2-3,7-8,10-13,19H2,1H3. The summed E-state index contributed by atoms with van der Waals surface area (Å²) in [6.45, 7) is 4.46. The van der Waals surface area contributed by atoms with Crippen molar-refractivity contribution in [2.24, 2.45) is 17.6 Å². The van der Waals surface area contributed by atoms with Gasteiger partial charge in [-0.3, -0.25) is 0 Å². The molecule has 2 nitrogen and oxygen atoms in total. The Morgan fingerprint density at radius 2 is 1.85 bits per heavy atom. The molecule has 1 aliphatic heterocycles. The fourth-order valence-electron chi connectivity index (χ4n) is 4.13. The van der Waals surface area contributed by atoms with E-state index in [-0.39, 0.29) is 0 Å². The third-order valence-electron chi connectivity index (χ3n) is 5.47. The van der Waals surface area contributed by atoms with Crippen molar-refractivity contribution in [3.8, 4) is 0 Å². The first-order chi connectivity index (χ1) is 9.79. The van der Waals surface area contributed by atoms with Gasteiger partial charge in [0.2, 0.25) is 0 Å². The molecule has 2 heteroatoms. The molecule has 0 spiro atoms. The van der Waals surface area contributed by atoms with Gasteiger partial charge >= 0.3 is 0 Å². The Hall–Kier alpha value is -1.02. The van der Waals surface area contributed by atoms with Gasteiger partial charge in [-0.15, -0.1) is 0 Å². The first kappa shape index (κ1) is 13.9. The number of aryl methyl sites for hydroxylation is 1. The number of hydrogen-bond acceptors (Lipinski definition) is 2. The van der Waals surface area contributed by atoms with Crippen LogP contribution >= 0.6 is 0 Å². The van der Waals surface area contributed by atoms with Gasteiger partial charge in [0.05, 0.1) is 0 Å². The number of hydrogen-bond donors (Lipinski definition) is 1. The summed E-state index contributed by atoms with van der Waals surface area (Å²) >= 11 is 0. The average Bonchev–Trinajstić information content (AvgIpc) is 2.50. The number of benzene rings is 1. The SMILES string of the molecule is CC1CCc2ccccc2N1CC1CCCCC1CN. The van der Waals surface area contributed by atoms with Crippen molar-refractivity contribution in [1.82, 2.24) is 0 Å². The minimum atomic E-state index is 0.672. The molecule has 20 heavy (non-hydrogen) atoms. The van der Waals surface area contributed by atoms with Crippen LogP contribution in [0.2, 0.25) is 0 Å². The van der Waals surface area contributed by atoms with Gasteiger partial charge in [-0.2, -0.15) is 0 Å². The topological polar surface area (TPSA) is 29.3 Å². The van der Waals surface area contributed by atoms with Crippen molar-refractivity contribution in [2.75, 3.05) is 18.0 Å².